The van der Waals surface area contributed by atoms with E-state index in [1.54, 1.807) is 0 Å². The maximum atomic E-state index is 4.81. The Balaban J connectivity index is 1.50. The minimum absolute atomic E-state index is 0.442. The van der Waals surface area contributed by atoms with E-state index in [0.29, 0.717) is 12.1 Å². The molecule has 0 aromatic carbocycles. The van der Waals surface area contributed by atoms with Crippen molar-refractivity contribution >= 4 is 11.8 Å². The van der Waals surface area contributed by atoms with Crippen LogP contribution in [-0.2, 0) is 0 Å². The summed E-state index contributed by atoms with van der Waals surface area (Å²) in [6.45, 7) is 20.8. The summed E-state index contributed by atoms with van der Waals surface area (Å²) in [6.07, 6.45) is 6.45. The first kappa shape index (κ1) is 21.8. The number of hydrogen-bond donors (Lipinski definition) is 2. The summed E-state index contributed by atoms with van der Waals surface area (Å²) in [7, 11) is 0. The molecular weight excluding hydrogens is 360 g/mol. The Morgan fingerprint density at radius 1 is 0.931 bits per heavy atom. The number of aryl methyl sites for hydroxylation is 1. The van der Waals surface area contributed by atoms with Crippen LogP contribution < -0.4 is 10.6 Å². The monoisotopic (exact) mass is 398 g/mol. The summed E-state index contributed by atoms with van der Waals surface area (Å²) >= 11 is 0. The number of piperidine rings is 2. The molecule has 0 spiro atoms. The van der Waals surface area contributed by atoms with E-state index in [1.807, 2.05) is 6.20 Å². The van der Waals surface area contributed by atoms with Crippen molar-refractivity contribution in [3.05, 3.63) is 36.1 Å². The van der Waals surface area contributed by atoms with Gasteiger partial charge in [-0.2, -0.15) is 4.98 Å². The number of rotatable bonds is 8. The zero-order chi connectivity index (χ0) is 20.8. The van der Waals surface area contributed by atoms with E-state index in [9.17, 15) is 0 Å². The van der Waals surface area contributed by atoms with Crippen LogP contribution in [-0.4, -0.2) is 71.1 Å². The number of anilines is 2. The van der Waals surface area contributed by atoms with Gasteiger partial charge in [0.25, 0.3) is 0 Å². The molecule has 3 heterocycles. The summed E-state index contributed by atoms with van der Waals surface area (Å²) in [5.41, 5.74) is 3.58. The first-order valence-corrected chi connectivity index (χ1v) is 11.0. The molecule has 6 heteroatoms. The lowest BCUT2D eigenvalue weighted by Crippen LogP contribution is -2.40. The molecule has 2 saturated heterocycles. The number of hydrogen-bond acceptors (Lipinski definition) is 6. The first-order valence-electron chi connectivity index (χ1n) is 11.0. The Hall–Kier alpha value is -1.92. The molecule has 0 unspecified atom stereocenters. The van der Waals surface area contributed by atoms with Crippen LogP contribution in [0.25, 0.3) is 0 Å². The molecule has 6 nitrogen and oxygen atoms in total. The zero-order valence-corrected chi connectivity index (χ0v) is 18.5. The van der Waals surface area contributed by atoms with Crippen molar-refractivity contribution < 1.29 is 0 Å². The fourth-order valence-electron chi connectivity index (χ4n) is 4.27. The highest BCUT2D eigenvalue weighted by molar-refractivity contribution is 5.47. The van der Waals surface area contributed by atoms with Crippen LogP contribution in [0.15, 0.2) is 30.5 Å². The van der Waals surface area contributed by atoms with Crippen LogP contribution in [0.4, 0.5) is 11.8 Å². The number of aromatic nitrogens is 2. The summed E-state index contributed by atoms with van der Waals surface area (Å²) in [4.78, 5) is 14.3. The number of nitrogens with one attached hydrogen (secondary N) is 2. The molecule has 160 valence electrons. The Labute approximate surface area is 176 Å². The van der Waals surface area contributed by atoms with Crippen LogP contribution in [0.5, 0.6) is 0 Å². The fraction of sp³-hybridized carbons (Fsp3) is 0.652. The SMILES string of the molecule is C=C(C)CN1CCC(Nc2ncc(C)c(NC3CCN(CC(=C)C)CC3)n2)CC1. The molecule has 0 bridgehead atoms. The Bertz CT molecular complexity index is 699. The average molecular weight is 399 g/mol. The average Bonchev–Trinajstić information content (AvgIpc) is 2.67. The van der Waals surface area contributed by atoms with E-state index in [-0.39, 0.29) is 0 Å². The Morgan fingerprint density at radius 3 is 1.90 bits per heavy atom. The second-order valence-electron chi connectivity index (χ2n) is 9.03. The van der Waals surface area contributed by atoms with Crippen molar-refractivity contribution in [2.24, 2.45) is 0 Å². The van der Waals surface area contributed by atoms with Crippen LogP contribution >= 0.6 is 0 Å². The first-order chi connectivity index (χ1) is 13.9. The smallest absolute Gasteiger partial charge is 0.224 e. The standard InChI is InChI=1S/C23H38N6/c1-17(2)15-28-10-6-20(7-11-28)25-22-19(5)14-24-23(27-22)26-21-8-12-29(13-9-21)16-18(3)4/h14,20-21H,1,3,6-13,15-16H2,2,4-5H3,(H2,24,25,26,27). The highest BCUT2D eigenvalue weighted by atomic mass is 15.2. The quantitative estimate of drug-likeness (QED) is 0.652. The van der Waals surface area contributed by atoms with Crippen LogP contribution in [0.2, 0.25) is 0 Å². The third-order valence-corrected chi connectivity index (χ3v) is 5.81. The van der Waals surface area contributed by atoms with Gasteiger partial charge in [0.1, 0.15) is 5.82 Å². The van der Waals surface area contributed by atoms with Gasteiger partial charge in [0.05, 0.1) is 0 Å². The maximum Gasteiger partial charge on any atom is 0.224 e. The number of likely N-dealkylation sites (tertiary alicyclic amines) is 2. The van der Waals surface area contributed by atoms with Crippen LogP contribution in [0, 0.1) is 6.92 Å². The highest BCUT2D eigenvalue weighted by Crippen LogP contribution is 2.21. The highest BCUT2D eigenvalue weighted by Gasteiger charge is 2.22. The molecule has 0 radical (unpaired) electrons. The molecule has 2 aliphatic heterocycles. The molecule has 0 atom stereocenters. The molecule has 1 aromatic heterocycles. The summed E-state index contributed by atoms with van der Waals surface area (Å²) in [5.74, 6) is 1.72. The van der Waals surface area contributed by atoms with Crippen LogP contribution in [0.1, 0.15) is 45.1 Å². The molecule has 1 aromatic rings. The van der Waals surface area contributed by atoms with Gasteiger partial charge in [-0.25, -0.2) is 4.98 Å². The van der Waals surface area contributed by atoms with E-state index in [0.717, 1.165) is 82.3 Å². The molecule has 0 aliphatic carbocycles. The maximum absolute atomic E-state index is 4.81. The van der Waals surface area contributed by atoms with Crippen molar-refractivity contribution in [2.45, 2.75) is 58.5 Å². The molecular formula is C23H38N6. The minimum atomic E-state index is 0.442. The van der Waals surface area contributed by atoms with Crippen molar-refractivity contribution in [1.82, 2.24) is 19.8 Å². The third kappa shape index (κ3) is 6.82. The largest absolute Gasteiger partial charge is 0.367 e. The lowest BCUT2D eigenvalue weighted by Gasteiger charge is -2.33. The second-order valence-corrected chi connectivity index (χ2v) is 9.03. The lowest BCUT2D eigenvalue weighted by molar-refractivity contribution is 0.235. The molecule has 3 rings (SSSR count). The van der Waals surface area contributed by atoms with Gasteiger partial charge in [0.2, 0.25) is 5.95 Å². The number of nitrogens with zero attached hydrogens (tertiary/aromatic N) is 4. The van der Waals surface area contributed by atoms with Gasteiger partial charge in [-0.05, 0) is 46.5 Å². The summed E-state index contributed by atoms with van der Waals surface area (Å²) in [6, 6.07) is 0.917. The van der Waals surface area contributed by atoms with Gasteiger partial charge in [-0.15, -0.1) is 0 Å². The van der Waals surface area contributed by atoms with Crippen molar-refractivity contribution in [3.8, 4) is 0 Å². The predicted molar refractivity (Wildman–Crippen MR) is 123 cm³/mol. The van der Waals surface area contributed by atoms with Crippen molar-refractivity contribution in [3.63, 3.8) is 0 Å². The van der Waals surface area contributed by atoms with Crippen molar-refractivity contribution in [1.29, 1.82) is 0 Å². The fourth-order valence-corrected chi connectivity index (χ4v) is 4.27. The topological polar surface area (TPSA) is 56.3 Å². The molecule has 2 aliphatic rings. The van der Waals surface area contributed by atoms with E-state index >= 15 is 0 Å². The normalized spacial score (nSPS) is 19.8. The van der Waals surface area contributed by atoms with Crippen LogP contribution in [0.3, 0.4) is 0 Å². The molecule has 2 fully saturated rings. The van der Waals surface area contributed by atoms with Gasteiger partial charge >= 0.3 is 0 Å². The summed E-state index contributed by atoms with van der Waals surface area (Å²) in [5, 5.41) is 7.23. The Morgan fingerprint density at radius 2 is 1.41 bits per heavy atom. The minimum Gasteiger partial charge on any atom is -0.367 e. The van der Waals surface area contributed by atoms with Crippen molar-refractivity contribution in [2.75, 3.05) is 49.9 Å². The van der Waals surface area contributed by atoms with Gasteiger partial charge < -0.3 is 10.6 Å². The van der Waals surface area contributed by atoms with Gasteiger partial charge in [0, 0.05) is 63.1 Å². The molecule has 2 N–H and O–H groups in total. The van der Waals surface area contributed by atoms with Gasteiger partial charge in [-0.1, -0.05) is 24.3 Å². The summed E-state index contributed by atoms with van der Waals surface area (Å²) < 4.78 is 0. The van der Waals surface area contributed by atoms with Gasteiger partial charge in [-0.3, -0.25) is 9.80 Å². The lowest BCUT2D eigenvalue weighted by atomic mass is 10.0. The Kier molecular flexibility index (Phi) is 7.67. The van der Waals surface area contributed by atoms with E-state index in [1.165, 1.54) is 11.1 Å². The molecule has 0 saturated carbocycles. The molecule has 0 amide bonds. The zero-order valence-electron chi connectivity index (χ0n) is 18.5. The predicted octanol–water partition coefficient (Wildman–Crippen LogP) is 3.69. The molecule has 29 heavy (non-hydrogen) atoms. The van der Waals surface area contributed by atoms with E-state index < -0.39 is 0 Å². The third-order valence-electron chi connectivity index (χ3n) is 5.81. The van der Waals surface area contributed by atoms with E-state index in [4.69, 9.17) is 4.98 Å². The van der Waals surface area contributed by atoms with Gasteiger partial charge in [0.15, 0.2) is 0 Å². The second kappa shape index (κ2) is 10.2. The van der Waals surface area contributed by atoms with E-state index in [2.05, 4.69) is 59.3 Å².